The van der Waals surface area contributed by atoms with E-state index in [9.17, 15) is 4.79 Å². The summed E-state index contributed by atoms with van der Waals surface area (Å²) >= 11 is 3.29. The van der Waals surface area contributed by atoms with Crippen LogP contribution in [0.5, 0.6) is 0 Å². The lowest BCUT2D eigenvalue weighted by atomic mass is 10.2. The van der Waals surface area contributed by atoms with E-state index in [1.165, 1.54) is 0 Å². The van der Waals surface area contributed by atoms with Gasteiger partial charge in [0.1, 0.15) is 5.69 Å². The van der Waals surface area contributed by atoms with E-state index >= 15 is 0 Å². The molecule has 2 rings (SSSR count). The number of aromatic nitrogens is 1. The Morgan fingerprint density at radius 2 is 2.17 bits per heavy atom. The van der Waals surface area contributed by atoms with Crippen molar-refractivity contribution in [3.05, 3.63) is 52.3 Å². The van der Waals surface area contributed by atoms with Crippen LogP contribution in [0.1, 0.15) is 16.1 Å². The molecule has 3 N–H and O–H groups in total. The summed E-state index contributed by atoms with van der Waals surface area (Å²) in [5.74, 6) is -0.272. The van der Waals surface area contributed by atoms with E-state index in [1.54, 1.807) is 30.5 Å². The second-order valence-electron chi connectivity index (χ2n) is 3.86. The zero-order chi connectivity index (χ0) is 13.1. The number of pyridine rings is 1. The largest absolute Gasteiger partial charge is 0.398 e. The van der Waals surface area contributed by atoms with Crippen LogP contribution in [0, 0.1) is 6.92 Å². The molecule has 1 heterocycles. The molecule has 1 aromatic heterocycles. The number of carbonyl (C=O) groups excluding carboxylic acids is 1. The second kappa shape index (κ2) is 5.18. The van der Waals surface area contributed by atoms with Crippen molar-refractivity contribution in [2.75, 3.05) is 11.1 Å². The summed E-state index contributed by atoms with van der Waals surface area (Å²) in [5.41, 5.74) is 8.41. The molecule has 0 atom stereocenters. The van der Waals surface area contributed by atoms with Crippen molar-refractivity contribution < 1.29 is 4.79 Å². The molecule has 0 saturated heterocycles. The van der Waals surface area contributed by atoms with Crippen molar-refractivity contribution in [3.8, 4) is 0 Å². The van der Waals surface area contributed by atoms with E-state index in [4.69, 9.17) is 5.73 Å². The highest BCUT2D eigenvalue weighted by molar-refractivity contribution is 9.10. The fourth-order valence-corrected chi connectivity index (χ4v) is 1.90. The van der Waals surface area contributed by atoms with Gasteiger partial charge in [0.05, 0.1) is 0 Å². The minimum atomic E-state index is -0.272. The molecular formula is C13H12BrN3O. The van der Waals surface area contributed by atoms with Gasteiger partial charge < -0.3 is 11.1 Å². The lowest BCUT2D eigenvalue weighted by Gasteiger charge is -2.07. The van der Waals surface area contributed by atoms with Gasteiger partial charge in [0.15, 0.2) is 0 Å². The molecule has 0 unspecified atom stereocenters. The van der Waals surface area contributed by atoms with E-state index in [-0.39, 0.29) is 5.91 Å². The molecule has 1 aromatic carbocycles. The fourth-order valence-electron chi connectivity index (χ4n) is 1.46. The summed E-state index contributed by atoms with van der Waals surface area (Å²) in [6.45, 7) is 1.91. The topological polar surface area (TPSA) is 68.0 Å². The van der Waals surface area contributed by atoms with E-state index < -0.39 is 0 Å². The normalized spacial score (nSPS) is 10.1. The third-order valence-electron chi connectivity index (χ3n) is 2.51. The standard InChI is InChI=1S/C13H12BrN3O/c1-8-4-5-9(7-11(8)15)17-13(18)12-10(14)3-2-6-16-12/h2-7H,15H2,1H3,(H,17,18). The summed E-state index contributed by atoms with van der Waals surface area (Å²) in [4.78, 5) is 16.0. The lowest BCUT2D eigenvalue weighted by molar-refractivity contribution is 0.102. The Morgan fingerprint density at radius 3 is 2.83 bits per heavy atom. The molecule has 0 spiro atoms. The maximum Gasteiger partial charge on any atom is 0.275 e. The number of benzene rings is 1. The number of halogens is 1. The molecule has 0 radical (unpaired) electrons. The Kier molecular flexibility index (Phi) is 3.62. The van der Waals surface area contributed by atoms with Gasteiger partial charge in [-0.1, -0.05) is 6.07 Å². The van der Waals surface area contributed by atoms with Crippen LogP contribution < -0.4 is 11.1 Å². The van der Waals surface area contributed by atoms with Gasteiger partial charge in [-0.3, -0.25) is 4.79 Å². The van der Waals surface area contributed by atoms with Gasteiger partial charge in [-0.2, -0.15) is 0 Å². The average Bonchev–Trinajstić information content (AvgIpc) is 2.34. The number of nitrogens with one attached hydrogen (secondary N) is 1. The van der Waals surface area contributed by atoms with Crippen LogP contribution in [-0.4, -0.2) is 10.9 Å². The predicted molar refractivity (Wildman–Crippen MR) is 75.5 cm³/mol. The minimum absolute atomic E-state index is 0.272. The first-order chi connectivity index (χ1) is 8.58. The number of rotatable bonds is 2. The van der Waals surface area contributed by atoms with Crippen LogP contribution in [0.15, 0.2) is 41.0 Å². The molecule has 1 amide bonds. The smallest absolute Gasteiger partial charge is 0.275 e. The molecule has 0 bridgehead atoms. The highest BCUT2D eigenvalue weighted by Crippen LogP contribution is 2.19. The quantitative estimate of drug-likeness (QED) is 0.838. The molecule has 18 heavy (non-hydrogen) atoms. The van der Waals surface area contributed by atoms with Gasteiger partial charge in [0, 0.05) is 22.0 Å². The summed E-state index contributed by atoms with van der Waals surface area (Å²) in [6.07, 6.45) is 1.57. The number of nitrogens with two attached hydrogens (primary N) is 1. The number of hydrogen-bond acceptors (Lipinski definition) is 3. The Hall–Kier alpha value is -1.88. The molecule has 2 aromatic rings. The van der Waals surface area contributed by atoms with E-state index in [1.807, 2.05) is 13.0 Å². The molecule has 0 aliphatic rings. The van der Waals surface area contributed by atoms with E-state index in [0.29, 0.717) is 21.5 Å². The predicted octanol–water partition coefficient (Wildman–Crippen LogP) is 2.99. The zero-order valence-corrected chi connectivity index (χ0v) is 11.4. The summed E-state index contributed by atoms with van der Waals surface area (Å²) in [7, 11) is 0. The average molecular weight is 306 g/mol. The highest BCUT2D eigenvalue weighted by Gasteiger charge is 2.11. The van der Waals surface area contributed by atoms with Crippen LogP contribution in [0.4, 0.5) is 11.4 Å². The zero-order valence-electron chi connectivity index (χ0n) is 9.77. The monoisotopic (exact) mass is 305 g/mol. The van der Waals surface area contributed by atoms with Crippen LogP contribution in [0.3, 0.4) is 0 Å². The molecule has 0 aliphatic heterocycles. The fraction of sp³-hybridized carbons (Fsp3) is 0.0769. The molecule has 0 fully saturated rings. The van der Waals surface area contributed by atoms with Crippen LogP contribution in [0.2, 0.25) is 0 Å². The van der Waals surface area contributed by atoms with Gasteiger partial charge in [-0.25, -0.2) is 4.98 Å². The molecular weight excluding hydrogens is 294 g/mol. The van der Waals surface area contributed by atoms with Gasteiger partial charge in [0.2, 0.25) is 0 Å². The maximum atomic E-state index is 12.0. The molecule has 0 aliphatic carbocycles. The Morgan fingerprint density at radius 1 is 1.39 bits per heavy atom. The number of carbonyl (C=O) groups is 1. The van der Waals surface area contributed by atoms with Crippen LogP contribution in [-0.2, 0) is 0 Å². The van der Waals surface area contributed by atoms with Crippen molar-refractivity contribution in [3.63, 3.8) is 0 Å². The second-order valence-corrected chi connectivity index (χ2v) is 4.71. The first kappa shape index (κ1) is 12.6. The Labute approximate surface area is 113 Å². The number of anilines is 2. The van der Waals surface area contributed by atoms with Gasteiger partial charge in [0.25, 0.3) is 5.91 Å². The number of aryl methyl sites for hydroxylation is 1. The third kappa shape index (κ3) is 2.68. The first-order valence-electron chi connectivity index (χ1n) is 5.36. The Balaban J connectivity index is 2.22. The van der Waals surface area contributed by atoms with Crippen LogP contribution in [0.25, 0.3) is 0 Å². The SMILES string of the molecule is Cc1ccc(NC(=O)c2ncccc2Br)cc1N. The van der Waals surface area contributed by atoms with Gasteiger partial charge in [-0.05, 0) is 52.7 Å². The summed E-state index contributed by atoms with van der Waals surface area (Å²) in [6, 6.07) is 8.92. The molecule has 92 valence electrons. The molecule has 5 heteroatoms. The van der Waals surface area contributed by atoms with E-state index in [2.05, 4.69) is 26.2 Å². The number of hydrogen-bond donors (Lipinski definition) is 2. The number of amides is 1. The molecule has 0 saturated carbocycles. The van der Waals surface area contributed by atoms with Gasteiger partial charge >= 0.3 is 0 Å². The maximum absolute atomic E-state index is 12.0. The Bertz CT molecular complexity index is 599. The van der Waals surface area contributed by atoms with Crippen LogP contribution >= 0.6 is 15.9 Å². The first-order valence-corrected chi connectivity index (χ1v) is 6.15. The van der Waals surface area contributed by atoms with Crippen molar-refractivity contribution in [1.29, 1.82) is 0 Å². The summed E-state index contributed by atoms with van der Waals surface area (Å²) in [5, 5.41) is 2.76. The third-order valence-corrected chi connectivity index (χ3v) is 3.15. The van der Waals surface area contributed by atoms with Crippen molar-refractivity contribution in [2.45, 2.75) is 6.92 Å². The van der Waals surface area contributed by atoms with Crippen molar-refractivity contribution in [1.82, 2.24) is 4.98 Å². The lowest BCUT2D eigenvalue weighted by Crippen LogP contribution is -2.14. The number of nitrogen functional groups attached to an aromatic ring is 1. The summed E-state index contributed by atoms with van der Waals surface area (Å²) < 4.78 is 0.655. The van der Waals surface area contributed by atoms with Crippen molar-refractivity contribution >= 4 is 33.2 Å². The highest BCUT2D eigenvalue weighted by atomic mass is 79.9. The van der Waals surface area contributed by atoms with Gasteiger partial charge in [-0.15, -0.1) is 0 Å². The van der Waals surface area contributed by atoms with E-state index in [0.717, 1.165) is 5.56 Å². The molecule has 4 nitrogen and oxygen atoms in total. The number of nitrogens with zero attached hydrogens (tertiary/aromatic N) is 1. The van der Waals surface area contributed by atoms with Crippen molar-refractivity contribution in [2.24, 2.45) is 0 Å². The minimum Gasteiger partial charge on any atom is -0.398 e.